The molecule has 1 aromatic rings. The van der Waals surface area contributed by atoms with Crippen LogP contribution in [0.3, 0.4) is 0 Å². The first-order valence-electron chi connectivity index (χ1n) is 3.40. The second-order valence-electron chi connectivity index (χ2n) is 2.32. The third-order valence-electron chi connectivity index (χ3n) is 1.31. The molecule has 0 N–H and O–H groups in total. The average molecular weight is 206 g/mol. The van der Waals surface area contributed by atoms with Gasteiger partial charge in [0.1, 0.15) is 5.03 Å². The fraction of sp³-hybridized carbons (Fsp3) is 0.111. The molecule has 0 aromatic heterocycles. The molecule has 1 aromatic carbocycles. The monoisotopic (exact) mass is 205 g/mol. The van der Waals surface area contributed by atoms with Crippen molar-refractivity contribution in [1.29, 1.82) is 0 Å². The SMILES string of the molecule is FC(F)(F)C(Cl)=Cc1cc[c]cc1. The standard InChI is InChI=1S/C9H5ClF3/c10-8(9(11,12)13)6-7-4-2-1-3-5-7/h2-6H. The van der Waals surface area contributed by atoms with Crippen LogP contribution in [0.4, 0.5) is 13.2 Å². The first kappa shape index (κ1) is 10.1. The van der Waals surface area contributed by atoms with Crippen LogP contribution >= 0.6 is 11.6 Å². The summed E-state index contributed by atoms with van der Waals surface area (Å²) < 4.78 is 35.8. The molecule has 69 valence electrons. The van der Waals surface area contributed by atoms with Crippen LogP contribution < -0.4 is 0 Å². The maximum Gasteiger partial charge on any atom is 0.426 e. The summed E-state index contributed by atoms with van der Waals surface area (Å²) in [4.78, 5) is 0. The topological polar surface area (TPSA) is 0 Å². The predicted octanol–water partition coefficient (Wildman–Crippen LogP) is 3.63. The van der Waals surface area contributed by atoms with Gasteiger partial charge >= 0.3 is 6.18 Å². The molecule has 0 fully saturated rings. The highest BCUT2D eigenvalue weighted by molar-refractivity contribution is 6.32. The number of rotatable bonds is 1. The molecule has 0 aliphatic heterocycles. The van der Waals surface area contributed by atoms with E-state index in [4.69, 9.17) is 11.6 Å². The maximum absolute atomic E-state index is 11.9. The molecule has 13 heavy (non-hydrogen) atoms. The van der Waals surface area contributed by atoms with Gasteiger partial charge in [0.25, 0.3) is 0 Å². The van der Waals surface area contributed by atoms with Gasteiger partial charge in [-0.3, -0.25) is 0 Å². The lowest BCUT2D eigenvalue weighted by molar-refractivity contribution is -0.0836. The van der Waals surface area contributed by atoms with Gasteiger partial charge in [0, 0.05) is 0 Å². The summed E-state index contributed by atoms with van der Waals surface area (Å²) in [6.07, 6.45) is -3.60. The average Bonchev–Trinajstić information content (AvgIpc) is 2.04. The van der Waals surface area contributed by atoms with Gasteiger partial charge in [-0.2, -0.15) is 13.2 Å². The molecule has 0 aliphatic rings. The lowest BCUT2D eigenvalue weighted by atomic mass is 10.2. The Balaban J connectivity index is 2.90. The lowest BCUT2D eigenvalue weighted by Gasteiger charge is -2.03. The molecule has 0 saturated heterocycles. The van der Waals surface area contributed by atoms with E-state index in [2.05, 4.69) is 6.07 Å². The Morgan fingerprint density at radius 2 is 1.85 bits per heavy atom. The van der Waals surface area contributed by atoms with E-state index in [0.29, 0.717) is 5.56 Å². The fourth-order valence-corrected chi connectivity index (χ4v) is 0.850. The Labute approximate surface area is 78.6 Å². The van der Waals surface area contributed by atoms with Gasteiger partial charge in [-0.1, -0.05) is 35.9 Å². The van der Waals surface area contributed by atoms with E-state index in [1.54, 1.807) is 0 Å². The lowest BCUT2D eigenvalue weighted by Crippen LogP contribution is -2.06. The number of hydrogen-bond donors (Lipinski definition) is 0. The van der Waals surface area contributed by atoms with Crippen LogP contribution in [-0.4, -0.2) is 6.18 Å². The number of hydrogen-bond acceptors (Lipinski definition) is 0. The van der Waals surface area contributed by atoms with Gasteiger partial charge in [0.05, 0.1) is 0 Å². The number of allylic oxidation sites excluding steroid dienone is 1. The molecule has 0 amide bonds. The minimum atomic E-state index is -4.47. The van der Waals surface area contributed by atoms with E-state index in [1.165, 1.54) is 24.3 Å². The summed E-state index contributed by atoms with van der Waals surface area (Å²) in [6, 6.07) is 8.72. The molecule has 0 spiro atoms. The van der Waals surface area contributed by atoms with Crippen LogP contribution in [0.1, 0.15) is 5.56 Å². The van der Waals surface area contributed by atoms with Gasteiger partial charge in [0.15, 0.2) is 0 Å². The van der Waals surface area contributed by atoms with Crippen LogP contribution in [-0.2, 0) is 0 Å². The zero-order valence-electron chi connectivity index (χ0n) is 6.40. The molecular formula is C9H5ClF3. The highest BCUT2D eigenvalue weighted by atomic mass is 35.5. The second-order valence-corrected chi connectivity index (χ2v) is 2.73. The van der Waals surface area contributed by atoms with Crippen molar-refractivity contribution in [2.75, 3.05) is 0 Å². The number of benzene rings is 1. The smallest absolute Gasteiger partial charge is 0.165 e. The van der Waals surface area contributed by atoms with Gasteiger partial charge in [-0.05, 0) is 17.7 Å². The normalized spacial score (nSPS) is 13.1. The Kier molecular flexibility index (Phi) is 2.98. The first-order valence-corrected chi connectivity index (χ1v) is 3.78. The fourth-order valence-electron chi connectivity index (χ4n) is 0.724. The minimum Gasteiger partial charge on any atom is -0.165 e. The van der Waals surface area contributed by atoms with Crippen LogP contribution in [0.15, 0.2) is 29.3 Å². The molecule has 1 radical (unpaired) electrons. The third-order valence-corrected chi connectivity index (χ3v) is 1.63. The van der Waals surface area contributed by atoms with E-state index in [-0.39, 0.29) is 0 Å². The summed E-state index contributed by atoms with van der Waals surface area (Å²) in [5.74, 6) is 0. The Morgan fingerprint density at radius 3 is 2.31 bits per heavy atom. The second kappa shape index (κ2) is 3.83. The summed E-state index contributed by atoms with van der Waals surface area (Å²) in [7, 11) is 0. The van der Waals surface area contributed by atoms with Crippen molar-refractivity contribution in [3.05, 3.63) is 40.9 Å². The molecule has 0 atom stereocenters. The molecule has 0 aliphatic carbocycles. The van der Waals surface area contributed by atoms with Crippen molar-refractivity contribution in [3.8, 4) is 0 Å². The van der Waals surface area contributed by atoms with Gasteiger partial charge in [0.2, 0.25) is 0 Å². The van der Waals surface area contributed by atoms with Crippen LogP contribution in [0.2, 0.25) is 0 Å². The largest absolute Gasteiger partial charge is 0.426 e. The molecule has 1 rings (SSSR count). The van der Waals surface area contributed by atoms with Gasteiger partial charge in [-0.15, -0.1) is 0 Å². The van der Waals surface area contributed by atoms with Crippen LogP contribution in [0, 0.1) is 6.07 Å². The highest BCUT2D eigenvalue weighted by Gasteiger charge is 2.32. The molecule has 0 saturated carbocycles. The van der Waals surface area contributed by atoms with Crippen molar-refractivity contribution in [1.82, 2.24) is 0 Å². The molecular weight excluding hydrogens is 201 g/mol. The molecule has 0 heterocycles. The van der Waals surface area contributed by atoms with E-state index >= 15 is 0 Å². The van der Waals surface area contributed by atoms with Crippen molar-refractivity contribution in [3.63, 3.8) is 0 Å². The Hall–Kier alpha value is -0.960. The molecule has 0 bridgehead atoms. The number of alkyl halides is 3. The Bertz CT molecular complexity index is 300. The van der Waals surface area contributed by atoms with Crippen LogP contribution in [0.25, 0.3) is 6.08 Å². The van der Waals surface area contributed by atoms with Crippen molar-refractivity contribution in [2.24, 2.45) is 0 Å². The van der Waals surface area contributed by atoms with E-state index in [9.17, 15) is 13.2 Å². The highest BCUT2D eigenvalue weighted by Crippen LogP contribution is 2.30. The first-order chi connectivity index (χ1) is 6.00. The number of halogens is 4. The maximum atomic E-state index is 11.9. The summed E-state index contributed by atoms with van der Waals surface area (Å²) in [5.41, 5.74) is 0.404. The zero-order chi connectivity index (χ0) is 9.90. The minimum absolute atomic E-state index is 0.404. The van der Waals surface area contributed by atoms with Crippen LogP contribution in [0.5, 0.6) is 0 Å². The zero-order valence-corrected chi connectivity index (χ0v) is 7.15. The van der Waals surface area contributed by atoms with Gasteiger partial charge in [-0.25, -0.2) is 0 Å². The summed E-state index contributed by atoms with van der Waals surface area (Å²) in [6.45, 7) is 0. The Morgan fingerprint density at radius 1 is 1.31 bits per heavy atom. The van der Waals surface area contributed by atoms with E-state index < -0.39 is 11.2 Å². The molecule has 0 nitrogen and oxygen atoms in total. The van der Waals surface area contributed by atoms with Crippen molar-refractivity contribution >= 4 is 17.7 Å². The van der Waals surface area contributed by atoms with E-state index in [1.807, 2.05) is 0 Å². The summed E-state index contributed by atoms with van der Waals surface area (Å²) in [5, 5.41) is -1.13. The van der Waals surface area contributed by atoms with Gasteiger partial charge < -0.3 is 0 Å². The molecule has 0 unspecified atom stereocenters. The van der Waals surface area contributed by atoms with E-state index in [0.717, 1.165) is 6.08 Å². The molecule has 4 heteroatoms. The quantitative estimate of drug-likeness (QED) is 0.657. The van der Waals surface area contributed by atoms with Crippen molar-refractivity contribution < 1.29 is 13.2 Å². The summed E-state index contributed by atoms with van der Waals surface area (Å²) >= 11 is 5.02. The van der Waals surface area contributed by atoms with Crippen molar-refractivity contribution in [2.45, 2.75) is 6.18 Å². The predicted molar refractivity (Wildman–Crippen MR) is 45.2 cm³/mol. The third kappa shape index (κ3) is 3.11.